The van der Waals surface area contributed by atoms with Crippen LogP contribution in [0, 0.1) is 0 Å². The summed E-state index contributed by atoms with van der Waals surface area (Å²) in [4.78, 5) is 0. The Labute approximate surface area is 86.4 Å². The molecule has 0 saturated heterocycles. The van der Waals surface area contributed by atoms with Crippen LogP contribution >= 0.6 is 0 Å². The number of halogens is 3. The van der Waals surface area contributed by atoms with Crippen molar-refractivity contribution in [2.45, 2.75) is 25.4 Å². The molecule has 1 aliphatic rings. The van der Waals surface area contributed by atoms with Crippen molar-refractivity contribution < 1.29 is 13.2 Å². The molecule has 3 heteroatoms. The summed E-state index contributed by atoms with van der Waals surface area (Å²) in [5, 5.41) is 0. The maximum absolute atomic E-state index is 12.7. The van der Waals surface area contributed by atoms with E-state index in [0.29, 0.717) is 0 Å². The predicted octanol–water partition coefficient (Wildman–Crippen LogP) is 3.84. The highest BCUT2D eigenvalue weighted by atomic mass is 19.4. The highest BCUT2D eigenvalue weighted by molar-refractivity contribution is 5.60. The lowest BCUT2D eigenvalue weighted by atomic mass is 9.97. The second-order valence-corrected chi connectivity index (χ2v) is 3.72. The number of rotatable bonds is 1. The van der Waals surface area contributed by atoms with Gasteiger partial charge in [0, 0.05) is 0 Å². The zero-order valence-electron chi connectivity index (χ0n) is 8.19. The summed E-state index contributed by atoms with van der Waals surface area (Å²) in [6.07, 6.45) is -0.388. The molecule has 80 valence electrons. The highest BCUT2D eigenvalue weighted by Crippen LogP contribution is 2.37. The van der Waals surface area contributed by atoms with Crippen molar-refractivity contribution >= 4 is 6.08 Å². The lowest BCUT2D eigenvalue weighted by Gasteiger charge is -2.13. The molecule has 0 atom stereocenters. The third-order valence-electron chi connectivity index (χ3n) is 2.84. The summed E-state index contributed by atoms with van der Waals surface area (Å²) < 4.78 is 38.0. The van der Waals surface area contributed by atoms with Gasteiger partial charge in [-0.05, 0) is 42.0 Å². The van der Waals surface area contributed by atoms with Gasteiger partial charge in [-0.15, -0.1) is 0 Å². The van der Waals surface area contributed by atoms with Crippen LogP contribution in [0.5, 0.6) is 0 Å². The number of benzene rings is 1. The molecule has 2 rings (SSSR count). The van der Waals surface area contributed by atoms with E-state index >= 15 is 0 Å². The van der Waals surface area contributed by atoms with Crippen LogP contribution in [0.25, 0.3) is 6.08 Å². The fourth-order valence-electron chi connectivity index (χ4n) is 2.18. The Morgan fingerprint density at radius 1 is 1.20 bits per heavy atom. The minimum absolute atomic E-state index is 0.275. The van der Waals surface area contributed by atoms with E-state index < -0.39 is 11.7 Å². The molecule has 0 heterocycles. The van der Waals surface area contributed by atoms with Gasteiger partial charge >= 0.3 is 6.18 Å². The van der Waals surface area contributed by atoms with E-state index in [4.69, 9.17) is 0 Å². The molecular formula is C12H11F3. The SMILES string of the molecule is C=Cc1c(C(F)(F)F)ccc2c1CCC2. The van der Waals surface area contributed by atoms with Gasteiger partial charge in [0.1, 0.15) is 0 Å². The Bertz CT molecular complexity index is 402. The van der Waals surface area contributed by atoms with Crippen molar-refractivity contribution in [3.8, 4) is 0 Å². The van der Waals surface area contributed by atoms with Crippen molar-refractivity contribution in [1.82, 2.24) is 0 Å². The van der Waals surface area contributed by atoms with Crippen molar-refractivity contribution in [2.75, 3.05) is 0 Å². The summed E-state index contributed by atoms with van der Waals surface area (Å²) in [5.74, 6) is 0. The minimum atomic E-state index is -4.28. The number of hydrogen-bond acceptors (Lipinski definition) is 0. The van der Waals surface area contributed by atoms with Crippen molar-refractivity contribution in [3.63, 3.8) is 0 Å². The van der Waals surface area contributed by atoms with E-state index in [1.54, 1.807) is 6.07 Å². The van der Waals surface area contributed by atoms with Gasteiger partial charge in [0.2, 0.25) is 0 Å². The molecule has 0 amide bonds. The predicted molar refractivity (Wildman–Crippen MR) is 53.6 cm³/mol. The number of fused-ring (bicyclic) bond motifs is 1. The second-order valence-electron chi connectivity index (χ2n) is 3.72. The van der Waals surface area contributed by atoms with Crippen LogP contribution in [0.4, 0.5) is 13.2 Å². The first-order chi connectivity index (χ1) is 7.04. The average molecular weight is 212 g/mol. The molecule has 0 unspecified atom stereocenters. The first-order valence-corrected chi connectivity index (χ1v) is 4.88. The lowest BCUT2D eigenvalue weighted by Crippen LogP contribution is -2.09. The van der Waals surface area contributed by atoms with E-state index in [-0.39, 0.29) is 5.56 Å². The van der Waals surface area contributed by atoms with Gasteiger partial charge in [-0.25, -0.2) is 0 Å². The lowest BCUT2D eigenvalue weighted by molar-refractivity contribution is -0.137. The fraction of sp³-hybridized carbons (Fsp3) is 0.333. The van der Waals surface area contributed by atoms with Crippen molar-refractivity contribution in [1.29, 1.82) is 0 Å². The average Bonchev–Trinajstić information content (AvgIpc) is 2.61. The first-order valence-electron chi connectivity index (χ1n) is 4.88. The van der Waals surface area contributed by atoms with E-state index in [1.807, 2.05) is 0 Å². The fourth-order valence-corrected chi connectivity index (χ4v) is 2.18. The minimum Gasteiger partial charge on any atom is -0.166 e. The zero-order valence-corrected chi connectivity index (χ0v) is 8.19. The highest BCUT2D eigenvalue weighted by Gasteiger charge is 2.34. The van der Waals surface area contributed by atoms with Gasteiger partial charge in [-0.2, -0.15) is 13.2 Å². The standard InChI is InChI=1S/C12H11F3/c1-2-9-10-5-3-4-8(10)6-7-11(9)12(13,14)15/h2,6-7H,1,3-5H2. The van der Waals surface area contributed by atoms with Crippen molar-refractivity contribution in [3.05, 3.63) is 41.0 Å². The van der Waals surface area contributed by atoms with Gasteiger partial charge in [0.15, 0.2) is 0 Å². The van der Waals surface area contributed by atoms with Crippen LogP contribution in [0.2, 0.25) is 0 Å². The molecule has 0 saturated carbocycles. The molecule has 15 heavy (non-hydrogen) atoms. The van der Waals surface area contributed by atoms with Gasteiger partial charge in [-0.1, -0.05) is 18.7 Å². The number of hydrogen-bond donors (Lipinski definition) is 0. The van der Waals surface area contributed by atoms with E-state index in [1.165, 1.54) is 12.1 Å². The van der Waals surface area contributed by atoms with Crippen LogP contribution in [0.1, 0.15) is 28.7 Å². The molecule has 0 radical (unpaired) electrons. The molecule has 0 aliphatic heterocycles. The van der Waals surface area contributed by atoms with Crippen LogP contribution in [-0.2, 0) is 19.0 Å². The molecule has 1 aliphatic carbocycles. The summed E-state index contributed by atoms with van der Waals surface area (Å²) in [7, 11) is 0. The van der Waals surface area contributed by atoms with Crippen LogP contribution in [0.3, 0.4) is 0 Å². The summed E-state index contributed by atoms with van der Waals surface area (Å²) in [6, 6.07) is 2.76. The van der Waals surface area contributed by atoms with Gasteiger partial charge in [0.05, 0.1) is 5.56 Å². The van der Waals surface area contributed by atoms with E-state index in [9.17, 15) is 13.2 Å². The third kappa shape index (κ3) is 1.66. The molecule has 1 aromatic carbocycles. The summed E-state index contributed by atoms with van der Waals surface area (Å²) >= 11 is 0. The number of alkyl halides is 3. The van der Waals surface area contributed by atoms with Crippen molar-refractivity contribution in [2.24, 2.45) is 0 Å². The molecule has 0 nitrogen and oxygen atoms in total. The monoisotopic (exact) mass is 212 g/mol. The van der Waals surface area contributed by atoms with Crippen LogP contribution in [-0.4, -0.2) is 0 Å². The van der Waals surface area contributed by atoms with E-state index in [0.717, 1.165) is 30.4 Å². The van der Waals surface area contributed by atoms with Gasteiger partial charge in [-0.3, -0.25) is 0 Å². The van der Waals surface area contributed by atoms with Gasteiger partial charge < -0.3 is 0 Å². The molecule has 0 fully saturated rings. The summed E-state index contributed by atoms with van der Waals surface area (Å²) in [5.41, 5.74) is 1.59. The topological polar surface area (TPSA) is 0 Å². The summed E-state index contributed by atoms with van der Waals surface area (Å²) in [6.45, 7) is 3.48. The first kappa shape index (κ1) is 10.3. The quantitative estimate of drug-likeness (QED) is 0.663. The molecule has 1 aromatic rings. The Morgan fingerprint density at radius 3 is 2.53 bits per heavy atom. The maximum Gasteiger partial charge on any atom is 0.416 e. The second kappa shape index (κ2) is 3.40. The van der Waals surface area contributed by atoms with E-state index in [2.05, 4.69) is 6.58 Å². The molecule has 0 aromatic heterocycles. The maximum atomic E-state index is 12.7. The third-order valence-corrected chi connectivity index (χ3v) is 2.84. The molecule has 0 bridgehead atoms. The number of aryl methyl sites for hydroxylation is 1. The zero-order chi connectivity index (χ0) is 11.1. The largest absolute Gasteiger partial charge is 0.416 e. The Balaban J connectivity index is 2.63. The molecule has 0 N–H and O–H groups in total. The Hall–Kier alpha value is -1.25. The Morgan fingerprint density at radius 2 is 1.93 bits per heavy atom. The van der Waals surface area contributed by atoms with Gasteiger partial charge in [0.25, 0.3) is 0 Å². The molecular weight excluding hydrogens is 201 g/mol. The van der Waals surface area contributed by atoms with Crippen LogP contribution in [0.15, 0.2) is 18.7 Å². The Kier molecular flexibility index (Phi) is 2.33. The normalized spacial score (nSPS) is 15.1. The smallest absolute Gasteiger partial charge is 0.166 e. The molecule has 0 spiro atoms. The van der Waals surface area contributed by atoms with Crippen LogP contribution < -0.4 is 0 Å².